The Morgan fingerprint density at radius 1 is 1.56 bits per heavy atom. The first-order chi connectivity index (χ1) is 7.50. The normalized spacial score (nSPS) is 28.8. The van der Waals surface area contributed by atoms with E-state index in [1.807, 2.05) is 0 Å². The van der Waals surface area contributed by atoms with Crippen LogP contribution in [-0.2, 0) is 9.53 Å². The maximum atomic E-state index is 11.8. The number of amides is 1. The van der Waals surface area contributed by atoms with Gasteiger partial charge in [-0.2, -0.15) is 0 Å². The average Bonchev–Trinajstić information content (AvgIpc) is 2.74. The molecule has 94 valence electrons. The third kappa shape index (κ3) is 3.41. The molecule has 1 amide bonds. The van der Waals surface area contributed by atoms with Gasteiger partial charge in [-0.25, -0.2) is 0 Å². The van der Waals surface area contributed by atoms with Crippen LogP contribution in [-0.4, -0.2) is 61.2 Å². The van der Waals surface area contributed by atoms with Crippen LogP contribution in [0, 0.1) is 5.92 Å². The standard InChI is InChI=1S/C10H20N2O4/c1-10(15,6-13)5-12-9(14)7-3-16-4-8(7)11-2/h7-8,11,13,15H,3-6H2,1-2H3,(H,12,14). The number of likely N-dealkylation sites (N-methyl/N-ethyl adjacent to an activating group) is 1. The van der Waals surface area contributed by atoms with Crippen LogP contribution in [0.5, 0.6) is 0 Å². The summed E-state index contributed by atoms with van der Waals surface area (Å²) in [4.78, 5) is 11.8. The lowest BCUT2D eigenvalue weighted by Gasteiger charge is -2.23. The Kier molecular flexibility index (Phi) is 4.67. The van der Waals surface area contributed by atoms with E-state index < -0.39 is 5.60 Å². The van der Waals surface area contributed by atoms with E-state index in [4.69, 9.17) is 9.84 Å². The molecule has 1 saturated heterocycles. The highest BCUT2D eigenvalue weighted by molar-refractivity contribution is 5.79. The minimum atomic E-state index is -1.27. The number of rotatable bonds is 5. The van der Waals surface area contributed by atoms with Gasteiger partial charge in [-0.3, -0.25) is 4.79 Å². The number of aliphatic hydroxyl groups excluding tert-OH is 1. The maximum Gasteiger partial charge on any atom is 0.227 e. The van der Waals surface area contributed by atoms with Crippen LogP contribution < -0.4 is 10.6 Å². The highest BCUT2D eigenvalue weighted by atomic mass is 16.5. The van der Waals surface area contributed by atoms with Crippen LogP contribution >= 0.6 is 0 Å². The highest BCUT2D eigenvalue weighted by Gasteiger charge is 2.33. The first-order valence-electron chi connectivity index (χ1n) is 5.36. The smallest absolute Gasteiger partial charge is 0.227 e. The predicted molar refractivity (Wildman–Crippen MR) is 57.9 cm³/mol. The van der Waals surface area contributed by atoms with Crippen molar-refractivity contribution in [1.29, 1.82) is 0 Å². The monoisotopic (exact) mass is 232 g/mol. The number of nitrogens with one attached hydrogen (secondary N) is 2. The molecule has 6 nitrogen and oxygen atoms in total. The zero-order valence-corrected chi connectivity index (χ0v) is 9.69. The van der Waals surface area contributed by atoms with Crippen molar-refractivity contribution in [3.05, 3.63) is 0 Å². The summed E-state index contributed by atoms with van der Waals surface area (Å²) < 4.78 is 5.20. The quantitative estimate of drug-likeness (QED) is 0.443. The number of ether oxygens (including phenoxy) is 1. The van der Waals surface area contributed by atoms with Crippen LogP contribution in [0.15, 0.2) is 0 Å². The van der Waals surface area contributed by atoms with E-state index in [9.17, 15) is 9.90 Å². The summed E-state index contributed by atoms with van der Waals surface area (Å²) in [5.74, 6) is -0.398. The van der Waals surface area contributed by atoms with Gasteiger partial charge in [-0.05, 0) is 14.0 Å². The van der Waals surface area contributed by atoms with Gasteiger partial charge in [0, 0.05) is 12.6 Å². The van der Waals surface area contributed by atoms with Crippen molar-refractivity contribution < 1.29 is 19.7 Å². The SMILES string of the molecule is CNC1COCC1C(=O)NCC(C)(O)CO. The average molecular weight is 232 g/mol. The Balaban J connectivity index is 2.40. The molecule has 3 unspecified atom stereocenters. The van der Waals surface area contributed by atoms with Gasteiger partial charge in [-0.1, -0.05) is 0 Å². The van der Waals surface area contributed by atoms with E-state index in [0.717, 1.165) is 0 Å². The van der Waals surface area contributed by atoms with Crippen molar-refractivity contribution in [2.45, 2.75) is 18.6 Å². The molecule has 4 N–H and O–H groups in total. The Morgan fingerprint density at radius 3 is 2.81 bits per heavy atom. The van der Waals surface area contributed by atoms with Gasteiger partial charge in [0.25, 0.3) is 0 Å². The number of carbonyl (C=O) groups excluding carboxylic acids is 1. The molecule has 0 radical (unpaired) electrons. The van der Waals surface area contributed by atoms with Gasteiger partial charge in [0.2, 0.25) is 5.91 Å². The lowest BCUT2D eigenvalue weighted by atomic mass is 10.0. The number of carbonyl (C=O) groups is 1. The second-order valence-electron chi connectivity index (χ2n) is 4.41. The molecule has 0 aromatic rings. The van der Waals surface area contributed by atoms with E-state index in [1.54, 1.807) is 7.05 Å². The van der Waals surface area contributed by atoms with Crippen LogP contribution in [0.3, 0.4) is 0 Å². The van der Waals surface area contributed by atoms with Crippen molar-refractivity contribution in [3.8, 4) is 0 Å². The fourth-order valence-electron chi connectivity index (χ4n) is 1.56. The van der Waals surface area contributed by atoms with Gasteiger partial charge in [0.15, 0.2) is 0 Å². The molecule has 1 rings (SSSR count). The zero-order valence-electron chi connectivity index (χ0n) is 9.69. The van der Waals surface area contributed by atoms with Gasteiger partial charge in [0.1, 0.15) is 5.60 Å². The van der Waals surface area contributed by atoms with E-state index in [-0.39, 0.29) is 31.0 Å². The summed E-state index contributed by atoms with van der Waals surface area (Å²) in [6.45, 7) is 2.02. The van der Waals surface area contributed by atoms with Crippen molar-refractivity contribution in [2.75, 3.05) is 33.4 Å². The Bertz CT molecular complexity index is 245. The topological polar surface area (TPSA) is 90.8 Å². The summed E-state index contributed by atoms with van der Waals surface area (Å²) in [6.07, 6.45) is 0. The Labute approximate surface area is 95.0 Å². The Hall–Kier alpha value is -0.690. The molecule has 1 aliphatic heterocycles. The molecule has 0 bridgehead atoms. The number of hydrogen-bond acceptors (Lipinski definition) is 5. The van der Waals surface area contributed by atoms with E-state index in [2.05, 4.69) is 10.6 Å². The first kappa shape index (κ1) is 13.4. The second-order valence-corrected chi connectivity index (χ2v) is 4.41. The molecule has 0 aromatic carbocycles. The lowest BCUT2D eigenvalue weighted by molar-refractivity contribution is -0.126. The predicted octanol–water partition coefficient (Wildman–Crippen LogP) is -1.92. The van der Waals surface area contributed by atoms with Crippen LogP contribution in [0.1, 0.15) is 6.92 Å². The molecule has 0 aromatic heterocycles. The fourth-order valence-corrected chi connectivity index (χ4v) is 1.56. The highest BCUT2D eigenvalue weighted by Crippen LogP contribution is 2.13. The third-order valence-corrected chi connectivity index (χ3v) is 2.77. The molecule has 16 heavy (non-hydrogen) atoms. The van der Waals surface area contributed by atoms with Crippen molar-refractivity contribution in [3.63, 3.8) is 0 Å². The summed E-state index contributed by atoms with van der Waals surface area (Å²) in [6, 6.07) is 0.0130. The molecule has 0 spiro atoms. The van der Waals surface area contributed by atoms with E-state index in [0.29, 0.717) is 13.2 Å². The molecular weight excluding hydrogens is 212 g/mol. The molecule has 1 heterocycles. The van der Waals surface area contributed by atoms with Crippen LogP contribution in [0.25, 0.3) is 0 Å². The van der Waals surface area contributed by atoms with E-state index in [1.165, 1.54) is 6.92 Å². The Morgan fingerprint density at radius 2 is 2.25 bits per heavy atom. The molecule has 6 heteroatoms. The molecule has 1 aliphatic rings. The van der Waals surface area contributed by atoms with Crippen molar-refractivity contribution in [1.82, 2.24) is 10.6 Å². The van der Waals surface area contributed by atoms with E-state index >= 15 is 0 Å². The summed E-state index contributed by atoms with van der Waals surface area (Å²) in [5, 5.41) is 24.0. The van der Waals surface area contributed by atoms with Crippen LogP contribution in [0.2, 0.25) is 0 Å². The molecular formula is C10H20N2O4. The minimum absolute atomic E-state index is 0.0130. The summed E-state index contributed by atoms with van der Waals surface area (Å²) in [7, 11) is 1.78. The van der Waals surface area contributed by atoms with Crippen LogP contribution in [0.4, 0.5) is 0 Å². The maximum absolute atomic E-state index is 11.8. The van der Waals surface area contributed by atoms with Crippen molar-refractivity contribution >= 4 is 5.91 Å². The first-order valence-corrected chi connectivity index (χ1v) is 5.36. The second kappa shape index (κ2) is 5.58. The molecule has 3 atom stereocenters. The van der Waals surface area contributed by atoms with Gasteiger partial charge >= 0.3 is 0 Å². The third-order valence-electron chi connectivity index (χ3n) is 2.77. The lowest BCUT2D eigenvalue weighted by Crippen LogP contribution is -2.48. The largest absolute Gasteiger partial charge is 0.393 e. The zero-order chi connectivity index (χ0) is 12.2. The number of aliphatic hydroxyl groups is 2. The summed E-state index contributed by atoms with van der Waals surface area (Å²) >= 11 is 0. The molecule has 0 saturated carbocycles. The van der Waals surface area contributed by atoms with Crippen molar-refractivity contribution in [2.24, 2.45) is 5.92 Å². The summed E-state index contributed by atoms with van der Waals surface area (Å²) in [5.41, 5.74) is -1.27. The minimum Gasteiger partial charge on any atom is -0.393 e. The van der Waals surface area contributed by atoms with Gasteiger partial charge in [-0.15, -0.1) is 0 Å². The van der Waals surface area contributed by atoms with Gasteiger partial charge < -0.3 is 25.6 Å². The molecule has 1 fully saturated rings. The number of hydrogen-bond donors (Lipinski definition) is 4. The fraction of sp³-hybridized carbons (Fsp3) is 0.900. The van der Waals surface area contributed by atoms with Gasteiger partial charge in [0.05, 0.1) is 25.7 Å². The molecule has 0 aliphatic carbocycles.